The highest BCUT2D eigenvalue weighted by molar-refractivity contribution is 6.28. The van der Waals surface area contributed by atoms with Crippen LogP contribution in [0.25, 0.3) is 0 Å². The van der Waals surface area contributed by atoms with Crippen LogP contribution in [0.3, 0.4) is 0 Å². The highest BCUT2D eigenvalue weighted by Gasteiger charge is 2.30. The summed E-state index contributed by atoms with van der Waals surface area (Å²) >= 11 is 5.66. The number of nitro groups is 1. The summed E-state index contributed by atoms with van der Waals surface area (Å²) in [6, 6.07) is 0. The van der Waals surface area contributed by atoms with E-state index < -0.39 is 4.92 Å². The van der Waals surface area contributed by atoms with Gasteiger partial charge in [-0.25, -0.2) is 4.98 Å². The van der Waals surface area contributed by atoms with E-state index in [9.17, 15) is 15.2 Å². The first-order chi connectivity index (χ1) is 8.47. The summed E-state index contributed by atoms with van der Waals surface area (Å²) in [4.78, 5) is 19.5. The Labute approximate surface area is 109 Å². The van der Waals surface area contributed by atoms with Gasteiger partial charge in [-0.15, -0.1) is 0 Å². The minimum absolute atomic E-state index is 0.0175. The number of hydrogen-bond acceptors (Lipinski definition) is 6. The molecule has 0 radical (unpaired) electrons. The average molecular weight is 273 g/mol. The maximum absolute atomic E-state index is 10.9. The number of anilines is 1. The number of hydrogen-bond donors (Lipinski definition) is 1. The zero-order chi connectivity index (χ0) is 13.3. The van der Waals surface area contributed by atoms with E-state index in [1.807, 2.05) is 0 Å². The van der Waals surface area contributed by atoms with Gasteiger partial charge >= 0.3 is 5.69 Å². The van der Waals surface area contributed by atoms with Crippen LogP contribution in [-0.2, 0) is 0 Å². The normalized spacial score (nSPS) is 22.4. The van der Waals surface area contributed by atoms with E-state index in [2.05, 4.69) is 9.97 Å². The molecule has 0 bridgehead atoms. The van der Waals surface area contributed by atoms with Crippen molar-refractivity contribution in [1.29, 1.82) is 0 Å². The Balaban J connectivity index is 2.15. The van der Waals surface area contributed by atoms with Crippen molar-refractivity contribution >= 4 is 23.1 Å². The smallest absolute Gasteiger partial charge is 0.329 e. The van der Waals surface area contributed by atoms with Gasteiger partial charge in [0.2, 0.25) is 11.1 Å². The molecular weight excluding hydrogens is 260 g/mol. The Morgan fingerprint density at radius 3 is 2.89 bits per heavy atom. The molecule has 0 amide bonds. The third-order valence-corrected chi connectivity index (χ3v) is 3.20. The molecule has 18 heavy (non-hydrogen) atoms. The third-order valence-electron chi connectivity index (χ3n) is 3.02. The topological polar surface area (TPSA) is 92.4 Å². The first kappa shape index (κ1) is 13.0. The second-order valence-electron chi connectivity index (χ2n) is 4.48. The van der Waals surface area contributed by atoms with Crippen LogP contribution in [0.4, 0.5) is 11.5 Å². The van der Waals surface area contributed by atoms with E-state index in [0.29, 0.717) is 12.5 Å². The van der Waals surface area contributed by atoms with Crippen molar-refractivity contribution in [2.24, 2.45) is 5.92 Å². The number of nitrogens with zero attached hydrogens (tertiary/aromatic N) is 4. The van der Waals surface area contributed by atoms with Crippen molar-refractivity contribution in [1.82, 2.24) is 9.97 Å². The maximum Gasteiger partial charge on any atom is 0.329 e. The standard InChI is InChI=1S/C10H13ClN4O3/c1-14(5-6-2-7(16)3-6)9-8(15(17)18)4-12-10(11)13-9/h4,6-7,16H,2-3,5H2,1H3. The van der Waals surface area contributed by atoms with E-state index in [0.717, 1.165) is 19.0 Å². The lowest BCUT2D eigenvalue weighted by molar-refractivity contribution is -0.384. The molecule has 0 spiro atoms. The second-order valence-corrected chi connectivity index (χ2v) is 4.81. The average Bonchev–Trinajstić information content (AvgIpc) is 2.26. The Hall–Kier alpha value is -1.47. The molecule has 0 saturated heterocycles. The molecule has 1 aromatic heterocycles. The van der Waals surface area contributed by atoms with E-state index >= 15 is 0 Å². The van der Waals surface area contributed by atoms with Crippen LogP contribution in [0, 0.1) is 16.0 Å². The Bertz CT molecular complexity index is 464. The minimum Gasteiger partial charge on any atom is -0.393 e. The van der Waals surface area contributed by atoms with Crippen LogP contribution in [-0.4, -0.2) is 39.7 Å². The van der Waals surface area contributed by atoms with Gasteiger partial charge in [0.15, 0.2) is 0 Å². The number of aliphatic hydroxyl groups is 1. The Morgan fingerprint density at radius 2 is 2.33 bits per heavy atom. The first-order valence-corrected chi connectivity index (χ1v) is 5.91. The molecule has 1 fully saturated rings. The van der Waals surface area contributed by atoms with Gasteiger partial charge in [0.25, 0.3) is 0 Å². The molecule has 7 nitrogen and oxygen atoms in total. The van der Waals surface area contributed by atoms with E-state index in [4.69, 9.17) is 11.6 Å². The number of halogens is 1. The van der Waals surface area contributed by atoms with Crippen LogP contribution < -0.4 is 4.90 Å². The summed E-state index contributed by atoms with van der Waals surface area (Å²) in [5, 5.41) is 20.1. The summed E-state index contributed by atoms with van der Waals surface area (Å²) in [7, 11) is 1.72. The zero-order valence-corrected chi connectivity index (χ0v) is 10.5. The van der Waals surface area contributed by atoms with Crippen LogP contribution in [0.15, 0.2) is 6.20 Å². The van der Waals surface area contributed by atoms with E-state index in [1.54, 1.807) is 11.9 Å². The molecule has 1 aliphatic rings. The van der Waals surface area contributed by atoms with Gasteiger partial charge in [0, 0.05) is 13.6 Å². The molecule has 0 aromatic carbocycles. The van der Waals surface area contributed by atoms with Crippen LogP contribution in [0.1, 0.15) is 12.8 Å². The van der Waals surface area contributed by atoms with Gasteiger partial charge in [-0.2, -0.15) is 4.98 Å². The lowest BCUT2D eigenvalue weighted by Crippen LogP contribution is -2.37. The van der Waals surface area contributed by atoms with Crippen molar-refractivity contribution in [3.05, 3.63) is 21.6 Å². The lowest BCUT2D eigenvalue weighted by atomic mass is 9.82. The van der Waals surface area contributed by atoms with Crippen molar-refractivity contribution in [3.63, 3.8) is 0 Å². The van der Waals surface area contributed by atoms with Gasteiger partial charge in [-0.3, -0.25) is 10.1 Å². The molecule has 1 saturated carbocycles. The quantitative estimate of drug-likeness (QED) is 0.504. The zero-order valence-electron chi connectivity index (χ0n) is 9.78. The first-order valence-electron chi connectivity index (χ1n) is 5.53. The largest absolute Gasteiger partial charge is 0.393 e. The summed E-state index contributed by atoms with van der Waals surface area (Å²) in [5.74, 6) is 0.541. The van der Waals surface area contributed by atoms with Gasteiger partial charge in [-0.1, -0.05) is 0 Å². The van der Waals surface area contributed by atoms with Gasteiger partial charge in [-0.05, 0) is 30.4 Å². The minimum atomic E-state index is -0.530. The molecule has 1 aliphatic carbocycles. The number of aliphatic hydroxyl groups excluding tert-OH is 1. The third kappa shape index (κ3) is 2.68. The van der Waals surface area contributed by atoms with Crippen molar-refractivity contribution < 1.29 is 10.0 Å². The monoisotopic (exact) mass is 272 g/mol. The fourth-order valence-electron chi connectivity index (χ4n) is 2.08. The summed E-state index contributed by atoms with van der Waals surface area (Å²) in [6.45, 7) is 0.602. The predicted molar refractivity (Wildman–Crippen MR) is 65.7 cm³/mol. The fraction of sp³-hybridized carbons (Fsp3) is 0.600. The molecule has 98 valence electrons. The molecule has 8 heteroatoms. The van der Waals surface area contributed by atoms with Crippen LogP contribution >= 0.6 is 11.6 Å². The van der Waals surface area contributed by atoms with E-state index in [-0.39, 0.29) is 22.9 Å². The van der Waals surface area contributed by atoms with Crippen LogP contribution in [0.5, 0.6) is 0 Å². The highest BCUT2D eigenvalue weighted by atomic mass is 35.5. The van der Waals surface area contributed by atoms with Gasteiger partial charge in [0.05, 0.1) is 11.0 Å². The van der Waals surface area contributed by atoms with Gasteiger partial charge < -0.3 is 10.0 Å². The van der Waals surface area contributed by atoms with Gasteiger partial charge in [0.1, 0.15) is 6.20 Å². The molecule has 0 unspecified atom stereocenters. The molecule has 1 heterocycles. The summed E-state index contributed by atoms with van der Waals surface area (Å²) < 4.78 is 0. The highest BCUT2D eigenvalue weighted by Crippen LogP contribution is 2.31. The molecular formula is C10H13ClN4O3. The Morgan fingerprint density at radius 1 is 1.67 bits per heavy atom. The molecule has 2 rings (SSSR count). The lowest BCUT2D eigenvalue weighted by Gasteiger charge is -2.34. The van der Waals surface area contributed by atoms with Crippen molar-refractivity contribution in [3.8, 4) is 0 Å². The SMILES string of the molecule is CN(CC1CC(O)C1)c1nc(Cl)ncc1[N+](=O)[O-]. The Kier molecular flexibility index (Phi) is 3.63. The van der Waals surface area contributed by atoms with Crippen molar-refractivity contribution in [2.75, 3.05) is 18.5 Å². The van der Waals surface area contributed by atoms with Crippen LogP contribution in [0.2, 0.25) is 5.28 Å². The van der Waals surface area contributed by atoms with E-state index in [1.165, 1.54) is 0 Å². The summed E-state index contributed by atoms with van der Waals surface area (Å²) in [6.07, 6.45) is 2.30. The molecule has 0 aliphatic heterocycles. The fourth-order valence-corrected chi connectivity index (χ4v) is 2.21. The number of rotatable bonds is 4. The molecule has 1 N–H and O–H groups in total. The predicted octanol–water partition coefficient (Wildman–Crippen LogP) is 1.25. The second kappa shape index (κ2) is 5.03. The molecule has 1 aromatic rings. The summed E-state index contributed by atoms with van der Waals surface area (Å²) in [5.41, 5.74) is -0.165. The molecule has 0 atom stereocenters. The maximum atomic E-state index is 10.9. The number of aromatic nitrogens is 2. The van der Waals surface area contributed by atoms with Crippen molar-refractivity contribution in [2.45, 2.75) is 18.9 Å².